The summed E-state index contributed by atoms with van der Waals surface area (Å²) in [6.07, 6.45) is 5.97. The van der Waals surface area contributed by atoms with Gasteiger partial charge >= 0.3 is 0 Å². The van der Waals surface area contributed by atoms with E-state index in [-0.39, 0.29) is 5.91 Å². The van der Waals surface area contributed by atoms with Crippen molar-refractivity contribution in [2.75, 3.05) is 5.32 Å². The van der Waals surface area contributed by atoms with Gasteiger partial charge in [0.2, 0.25) is 0 Å². The van der Waals surface area contributed by atoms with Gasteiger partial charge in [-0.3, -0.25) is 10.1 Å². The van der Waals surface area contributed by atoms with Gasteiger partial charge in [-0.05, 0) is 40.9 Å². The first kappa shape index (κ1) is 11.0. The Morgan fingerprint density at radius 1 is 1.59 bits per heavy atom. The van der Waals surface area contributed by atoms with Crippen LogP contribution in [0.25, 0.3) is 0 Å². The number of halogens is 1. The average Bonchev–Trinajstić information content (AvgIpc) is 2.88. The second-order valence-electron chi connectivity index (χ2n) is 3.96. The molecule has 0 spiro atoms. The maximum Gasteiger partial charge on any atom is 0.274 e. The lowest BCUT2D eigenvalue weighted by Crippen LogP contribution is -2.16. The maximum atomic E-state index is 12.1. The van der Waals surface area contributed by atoms with Crippen LogP contribution < -0.4 is 5.32 Å². The fraction of sp³-hybridized carbons (Fsp3) is 0.273. The molecule has 1 saturated carbocycles. The number of rotatable bonds is 3. The summed E-state index contributed by atoms with van der Waals surface area (Å²) in [5.41, 5.74) is 0.707. The summed E-state index contributed by atoms with van der Waals surface area (Å²) in [4.78, 5) is 16.1. The van der Waals surface area contributed by atoms with Crippen LogP contribution in [0.4, 0.5) is 5.13 Å². The standard InChI is InChI=1S/C11H10BrN3OS/c12-9-6-13-11(17-9)14-10(16)8-2-1-5-15(8)7-3-4-7/h1-2,5-7H,3-4H2,(H,13,14,16). The molecule has 1 aliphatic rings. The van der Waals surface area contributed by atoms with E-state index in [0.29, 0.717) is 16.9 Å². The van der Waals surface area contributed by atoms with Crippen LogP contribution in [0.5, 0.6) is 0 Å². The first-order valence-electron chi connectivity index (χ1n) is 5.33. The Kier molecular flexibility index (Phi) is 2.76. The number of nitrogens with one attached hydrogen (secondary N) is 1. The Bertz CT molecular complexity index is 559. The highest BCUT2D eigenvalue weighted by Gasteiger charge is 2.26. The van der Waals surface area contributed by atoms with Crippen LogP contribution in [0.15, 0.2) is 28.3 Å². The van der Waals surface area contributed by atoms with E-state index >= 15 is 0 Å². The number of aromatic nitrogens is 2. The van der Waals surface area contributed by atoms with Crippen molar-refractivity contribution in [3.63, 3.8) is 0 Å². The Balaban J connectivity index is 1.79. The van der Waals surface area contributed by atoms with Gasteiger partial charge in [-0.15, -0.1) is 0 Å². The van der Waals surface area contributed by atoms with E-state index in [2.05, 4.69) is 26.2 Å². The molecule has 0 radical (unpaired) electrons. The zero-order chi connectivity index (χ0) is 11.8. The molecule has 1 N–H and O–H groups in total. The minimum absolute atomic E-state index is 0.0937. The van der Waals surface area contributed by atoms with Crippen molar-refractivity contribution in [1.82, 2.24) is 9.55 Å². The molecule has 0 aliphatic heterocycles. The quantitative estimate of drug-likeness (QED) is 0.945. The zero-order valence-corrected chi connectivity index (χ0v) is 11.3. The highest BCUT2D eigenvalue weighted by molar-refractivity contribution is 9.11. The van der Waals surface area contributed by atoms with Crippen LogP contribution in [-0.2, 0) is 0 Å². The highest BCUT2D eigenvalue weighted by Crippen LogP contribution is 2.36. The smallest absolute Gasteiger partial charge is 0.274 e. The van der Waals surface area contributed by atoms with Crippen molar-refractivity contribution in [2.24, 2.45) is 0 Å². The Hall–Kier alpha value is -1.14. The fourth-order valence-electron chi connectivity index (χ4n) is 1.73. The first-order chi connectivity index (χ1) is 8.24. The van der Waals surface area contributed by atoms with E-state index in [4.69, 9.17) is 0 Å². The second kappa shape index (κ2) is 4.27. The van der Waals surface area contributed by atoms with Crippen LogP contribution in [-0.4, -0.2) is 15.5 Å². The molecule has 0 bridgehead atoms. The third kappa shape index (κ3) is 2.28. The van der Waals surface area contributed by atoms with Crippen LogP contribution in [0.3, 0.4) is 0 Å². The highest BCUT2D eigenvalue weighted by atomic mass is 79.9. The van der Waals surface area contributed by atoms with Gasteiger partial charge in [0.25, 0.3) is 5.91 Å². The molecule has 1 fully saturated rings. The lowest BCUT2D eigenvalue weighted by atomic mass is 10.4. The molecule has 88 valence electrons. The molecule has 0 atom stereocenters. The Labute approximate surface area is 111 Å². The number of hydrogen-bond donors (Lipinski definition) is 1. The maximum absolute atomic E-state index is 12.1. The topological polar surface area (TPSA) is 46.9 Å². The molecule has 0 unspecified atom stereocenters. The monoisotopic (exact) mass is 311 g/mol. The molecule has 3 rings (SSSR count). The number of carbonyl (C=O) groups is 1. The predicted octanol–water partition coefficient (Wildman–Crippen LogP) is 3.29. The Morgan fingerprint density at radius 3 is 3.06 bits per heavy atom. The molecular formula is C11H10BrN3OS. The minimum atomic E-state index is -0.0937. The molecule has 2 aromatic rings. The van der Waals surface area contributed by atoms with E-state index in [1.165, 1.54) is 11.3 Å². The number of nitrogens with zero attached hydrogens (tertiary/aromatic N) is 2. The van der Waals surface area contributed by atoms with E-state index in [1.54, 1.807) is 6.20 Å². The van der Waals surface area contributed by atoms with Gasteiger partial charge in [-0.25, -0.2) is 4.98 Å². The van der Waals surface area contributed by atoms with Crippen LogP contribution in [0, 0.1) is 0 Å². The molecule has 6 heteroatoms. The van der Waals surface area contributed by atoms with Crippen LogP contribution >= 0.6 is 27.3 Å². The third-order valence-electron chi connectivity index (χ3n) is 2.65. The number of hydrogen-bond acceptors (Lipinski definition) is 3. The molecule has 0 saturated heterocycles. The molecule has 1 amide bonds. The summed E-state index contributed by atoms with van der Waals surface area (Å²) in [6.45, 7) is 0. The van der Waals surface area contributed by atoms with Crippen molar-refractivity contribution in [2.45, 2.75) is 18.9 Å². The molecule has 17 heavy (non-hydrogen) atoms. The van der Waals surface area contributed by atoms with Crippen molar-refractivity contribution in [3.05, 3.63) is 34.0 Å². The summed E-state index contributed by atoms with van der Waals surface area (Å²) in [6, 6.07) is 4.26. The summed E-state index contributed by atoms with van der Waals surface area (Å²) < 4.78 is 2.95. The van der Waals surface area contributed by atoms with Gasteiger partial charge in [0, 0.05) is 12.2 Å². The lowest BCUT2D eigenvalue weighted by Gasteiger charge is -2.06. The predicted molar refractivity (Wildman–Crippen MR) is 70.5 cm³/mol. The molecule has 2 heterocycles. The fourth-order valence-corrected chi connectivity index (χ4v) is 2.83. The van der Waals surface area contributed by atoms with Crippen molar-refractivity contribution >= 4 is 38.3 Å². The van der Waals surface area contributed by atoms with Crippen molar-refractivity contribution in [1.29, 1.82) is 0 Å². The zero-order valence-electron chi connectivity index (χ0n) is 8.89. The van der Waals surface area contributed by atoms with Crippen LogP contribution in [0.1, 0.15) is 29.4 Å². The van der Waals surface area contributed by atoms with Crippen LogP contribution in [0.2, 0.25) is 0 Å². The molecule has 2 aromatic heterocycles. The van der Waals surface area contributed by atoms with Gasteiger partial charge in [-0.1, -0.05) is 11.3 Å². The van der Waals surface area contributed by atoms with E-state index in [9.17, 15) is 4.79 Å². The number of carbonyl (C=O) groups excluding carboxylic acids is 1. The minimum Gasteiger partial charge on any atom is -0.340 e. The van der Waals surface area contributed by atoms with Crippen molar-refractivity contribution < 1.29 is 4.79 Å². The molecule has 0 aromatic carbocycles. The summed E-state index contributed by atoms with van der Waals surface area (Å²) in [5.74, 6) is -0.0937. The summed E-state index contributed by atoms with van der Waals surface area (Å²) >= 11 is 4.73. The lowest BCUT2D eigenvalue weighted by molar-refractivity contribution is 0.101. The second-order valence-corrected chi connectivity index (χ2v) is 6.37. The third-order valence-corrected chi connectivity index (χ3v) is 4.04. The largest absolute Gasteiger partial charge is 0.340 e. The number of thiazole rings is 1. The normalized spacial score (nSPS) is 14.9. The van der Waals surface area contributed by atoms with Crippen molar-refractivity contribution in [3.8, 4) is 0 Å². The van der Waals surface area contributed by atoms with Gasteiger partial charge in [-0.2, -0.15) is 0 Å². The average molecular weight is 312 g/mol. The van der Waals surface area contributed by atoms with Gasteiger partial charge in [0.15, 0.2) is 5.13 Å². The molecule has 1 aliphatic carbocycles. The first-order valence-corrected chi connectivity index (χ1v) is 6.94. The van der Waals surface area contributed by atoms with Gasteiger partial charge in [0.1, 0.15) is 5.69 Å². The van der Waals surface area contributed by atoms with E-state index in [1.807, 2.05) is 22.9 Å². The summed E-state index contributed by atoms with van der Waals surface area (Å²) in [7, 11) is 0. The Morgan fingerprint density at radius 2 is 2.41 bits per heavy atom. The van der Waals surface area contributed by atoms with Gasteiger partial charge in [0.05, 0.1) is 9.98 Å². The van der Waals surface area contributed by atoms with E-state index in [0.717, 1.165) is 16.6 Å². The van der Waals surface area contributed by atoms with Gasteiger partial charge < -0.3 is 4.57 Å². The SMILES string of the molecule is O=C(Nc1ncc(Br)s1)c1cccn1C1CC1. The summed E-state index contributed by atoms with van der Waals surface area (Å²) in [5, 5.41) is 3.42. The van der Waals surface area contributed by atoms with E-state index < -0.39 is 0 Å². The number of amides is 1. The number of anilines is 1. The molecule has 4 nitrogen and oxygen atoms in total. The molecular weight excluding hydrogens is 302 g/mol.